The smallest absolute Gasteiger partial charge is 0.340 e. The molecule has 0 saturated carbocycles. The van der Waals surface area contributed by atoms with Crippen molar-refractivity contribution in [3.8, 4) is 0 Å². The molecule has 0 radical (unpaired) electrons. The molecule has 0 saturated heterocycles. The number of halogens is 1. The summed E-state index contributed by atoms with van der Waals surface area (Å²) in [6, 6.07) is 5.83. The molecular formula is C18H20FNO4. The van der Waals surface area contributed by atoms with Gasteiger partial charge in [0.15, 0.2) is 0 Å². The van der Waals surface area contributed by atoms with Gasteiger partial charge in [-0.3, -0.25) is 4.79 Å². The topological polar surface area (TPSA) is 55.8 Å². The molecule has 0 aliphatic carbocycles. The first kappa shape index (κ1) is 17.9. The Kier molecular flexibility index (Phi) is 5.87. The molecule has 1 aliphatic rings. The summed E-state index contributed by atoms with van der Waals surface area (Å²) >= 11 is 0. The number of carbonyl (C=O) groups excluding carboxylic acids is 2. The average Bonchev–Trinajstić information content (AvgIpc) is 2.76. The maximum atomic E-state index is 13.4. The molecule has 0 fully saturated rings. The van der Waals surface area contributed by atoms with Gasteiger partial charge in [0.1, 0.15) is 5.82 Å². The molecular weight excluding hydrogens is 313 g/mol. The first-order valence-electron chi connectivity index (χ1n) is 7.66. The van der Waals surface area contributed by atoms with Crippen molar-refractivity contribution in [2.45, 2.75) is 13.8 Å². The molecule has 128 valence electrons. The molecule has 0 atom stereocenters. The van der Waals surface area contributed by atoms with Crippen LogP contribution in [0.3, 0.4) is 0 Å². The summed E-state index contributed by atoms with van der Waals surface area (Å²) in [5.41, 5.74) is 1.43. The standard InChI is InChI=1S/C18H20FNO4/c1-4-24-18(22)16-12(2)20(8-9-23-3)17(21)15(16)11-13-6-5-7-14(19)10-13/h5-7,10-11H,4,8-9H2,1-3H3/b15-11-. The Balaban J connectivity index is 2.46. The predicted molar refractivity (Wildman–Crippen MR) is 87.3 cm³/mol. The Labute approximate surface area is 140 Å². The quantitative estimate of drug-likeness (QED) is 0.593. The number of hydrogen-bond donors (Lipinski definition) is 0. The third-order valence-electron chi connectivity index (χ3n) is 3.67. The molecule has 6 heteroatoms. The third kappa shape index (κ3) is 3.71. The number of amides is 1. The molecule has 5 nitrogen and oxygen atoms in total. The lowest BCUT2D eigenvalue weighted by Gasteiger charge is -2.16. The van der Waals surface area contributed by atoms with Gasteiger partial charge in [0.25, 0.3) is 5.91 Å². The molecule has 1 aliphatic heterocycles. The average molecular weight is 333 g/mol. The van der Waals surface area contributed by atoms with Crippen LogP contribution in [0.5, 0.6) is 0 Å². The van der Waals surface area contributed by atoms with Crippen molar-refractivity contribution in [3.63, 3.8) is 0 Å². The Hall–Kier alpha value is -2.47. The maximum Gasteiger partial charge on any atom is 0.340 e. The molecule has 1 aromatic carbocycles. The molecule has 0 N–H and O–H groups in total. The number of rotatable bonds is 6. The number of esters is 1. The minimum absolute atomic E-state index is 0.202. The second-order valence-electron chi connectivity index (χ2n) is 5.24. The van der Waals surface area contributed by atoms with Crippen LogP contribution in [0, 0.1) is 5.82 Å². The lowest BCUT2D eigenvalue weighted by atomic mass is 10.0. The molecule has 1 heterocycles. The van der Waals surface area contributed by atoms with E-state index in [0.717, 1.165) is 0 Å². The van der Waals surface area contributed by atoms with E-state index >= 15 is 0 Å². The van der Waals surface area contributed by atoms with Gasteiger partial charge in [0, 0.05) is 19.4 Å². The zero-order valence-corrected chi connectivity index (χ0v) is 14.0. The fraction of sp³-hybridized carbons (Fsp3) is 0.333. The zero-order valence-electron chi connectivity index (χ0n) is 14.0. The van der Waals surface area contributed by atoms with Crippen molar-refractivity contribution in [2.24, 2.45) is 0 Å². The summed E-state index contributed by atoms with van der Waals surface area (Å²) in [5.74, 6) is -1.30. The number of hydrogen-bond acceptors (Lipinski definition) is 4. The van der Waals surface area contributed by atoms with Gasteiger partial charge in [-0.1, -0.05) is 12.1 Å². The number of benzene rings is 1. The van der Waals surface area contributed by atoms with E-state index in [0.29, 0.717) is 24.4 Å². The van der Waals surface area contributed by atoms with Crippen molar-refractivity contribution in [3.05, 3.63) is 52.5 Å². The van der Waals surface area contributed by atoms with Gasteiger partial charge in [-0.25, -0.2) is 9.18 Å². The van der Waals surface area contributed by atoms with E-state index < -0.39 is 11.8 Å². The Morgan fingerprint density at radius 3 is 2.75 bits per heavy atom. The number of allylic oxidation sites excluding steroid dienone is 1. The molecule has 0 bridgehead atoms. The Bertz CT molecular complexity index is 709. The van der Waals surface area contributed by atoms with Crippen LogP contribution in [0.1, 0.15) is 19.4 Å². The minimum atomic E-state index is -0.564. The summed E-state index contributed by atoms with van der Waals surface area (Å²) in [4.78, 5) is 26.4. The minimum Gasteiger partial charge on any atom is -0.462 e. The van der Waals surface area contributed by atoms with E-state index in [1.807, 2.05) is 0 Å². The number of methoxy groups -OCH3 is 1. The molecule has 24 heavy (non-hydrogen) atoms. The largest absolute Gasteiger partial charge is 0.462 e. The monoisotopic (exact) mass is 333 g/mol. The van der Waals surface area contributed by atoms with Gasteiger partial charge in [0.05, 0.1) is 24.4 Å². The van der Waals surface area contributed by atoms with E-state index in [2.05, 4.69) is 0 Å². The highest BCUT2D eigenvalue weighted by atomic mass is 19.1. The SMILES string of the molecule is CCOC(=O)C1=C(C)N(CCOC)C(=O)/C1=C\c1cccc(F)c1. The van der Waals surface area contributed by atoms with Crippen molar-refractivity contribution in [1.82, 2.24) is 4.90 Å². The highest BCUT2D eigenvalue weighted by Gasteiger charge is 2.36. The van der Waals surface area contributed by atoms with E-state index in [-0.39, 0.29) is 23.7 Å². The van der Waals surface area contributed by atoms with E-state index in [4.69, 9.17) is 9.47 Å². The van der Waals surface area contributed by atoms with Crippen LogP contribution in [0.15, 0.2) is 41.1 Å². The molecule has 0 unspecified atom stereocenters. The molecule has 0 aromatic heterocycles. The van der Waals surface area contributed by atoms with Crippen LogP contribution < -0.4 is 0 Å². The summed E-state index contributed by atoms with van der Waals surface area (Å²) in [7, 11) is 1.54. The van der Waals surface area contributed by atoms with Gasteiger partial charge in [-0.2, -0.15) is 0 Å². The van der Waals surface area contributed by atoms with Crippen LogP contribution in [-0.4, -0.2) is 43.6 Å². The molecule has 1 amide bonds. The second kappa shape index (κ2) is 7.88. The first-order chi connectivity index (χ1) is 11.5. The van der Waals surface area contributed by atoms with Gasteiger partial charge < -0.3 is 14.4 Å². The van der Waals surface area contributed by atoms with Gasteiger partial charge in [-0.05, 0) is 37.6 Å². The second-order valence-corrected chi connectivity index (χ2v) is 5.24. The van der Waals surface area contributed by atoms with Crippen LogP contribution in [-0.2, 0) is 19.1 Å². The van der Waals surface area contributed by atoms with Gasteiger partial charge in [0.2, 0.25) is 0 Å². The summed E-state index contributed by atoms with van der Waals surface area (Å²) in [6.07, 6.45) is 1.51. The fourth-order valence-electron chi connectivity index (χ4n) is 2.54. The predicted octanol–water partition coefficient (Wildman–Crippen LogP) is 2.53. The maximum absolute atomic E-state index is 13.4. The van der Waals surface area contributed by atoms with Crippen molar-refractivity contribution >= 4 is 18.0 Å². The Morgan fingerprint density at radius 1 is 1.38 bits per heavy atom. The summed E-state index contributed by atoms with van der Waals surface area (Å²) in [5, 5.41) is 0. The summed E-state index contributed by atoms with van der Waals surface area (Å²) in [6.45, 7) is 4.25. The van der Waals surface area contributed by atoms with E-state index in [1.54, 1.807) is 26.0 Å². The zero-order chi connectivity index (χ0) is 17.7. The highest BCUT2D eigenvalue weighted by molar-refractivity contribution is 6.16. The van der Waals surface area contributed by atoms with Gasteiger partial charge >= 0.3 is 5.97 Å². The highest BCUT2D eigenvalue weighted by Crippen LogP contribution is 2.31. The van der Waals surface area contributed by atoms with E-state index in [1.165, 1.54) is 30.2 Å². The summed E-state index contributed by atoms with van der Waals surface area (Å²) < 4.78 is 23.5. The number of nitrogens with zero attached hydrogens (tertiary/aromatic N) is 1. The number of carbonyl (C=O) groups is 2. The fourth-order valence-corrected chi connectivity index (χ4v) is 2.54. The van der Waals surface area contributed by atoms with Crippen LogP contribution in [0.4, 0.5) is 4.39 Å². The molecule has 2 rings (SSSR count). The van der Waals surface area contributed by atoms with Crippen molar-refractivity contribution in [1.29, 1.82) is 0 Å². The van der Waals surface area contributed by atoms with E-state index in [9.17, 15) is 14.0 Å². The first-order valence-corrected chi connectivity index (χ1v) is 7.66. The van der Waals surface area contributed by atoms with Gasteiger partial charge in [-0.15, -0.1) is 0 Å². The lowest BCUT2D eigenvalue weighted by Crippen LogP contribution is -2.28. The van der Waals surface area contributed by atoms with Crippen molar-refractivity contribution in [2.75, 3.05) is 26.9 Å². The van der Waals surface area contributed by atoms with Crippen LogP contribution in [0.25, 0.3) is 6.08 Å². The normalized spacial score (nSPS) is 16.2. The molecule has 1 aromatic rings. The number of ether oxygens (including phenoxy) is 2. The third-order valence-corrected chi connectivity index (χ3v) is 3.67. The van der Waals surface area contributed by atoms with Crippen LogP contribution in [0.2, 0.25) is 0 Å². The van der Waals surface area contributed by atoms with Crippen molar-refractivity contribution < 1.29 is 23.5 Å². The lowest BCUT2D eigenvalue weighted by molar-refractivity contribution is -0.138. The van der Waals surface area contributed by atoms with Crippen LogP contribution >= 0.6 is 0 Å². The Morgan fingerprint density at radius 2 is 2.12 bits per heavy atom. The molecule has 0 spiro atoms.